The molecule has 1 aromatic heterocycles. The van der Waals surface area contributed by atoms with Gasteiger partial charge in [-0.15, -0.1) is 11.3 Å². The summed E-state index contributed by atoms with van der Waals surface area (Å²) < 4.78 is 0. The van der Waals surface area contributed by atoms with Crippen molar-refractivity contribution < 1.29 is 0 Å². The van der Waals surface area contributed by atoms with Crippen molar-refractivity contribution in [1.29, 1.82) is 0 Å². The minimum atomic E-state index is 0.985. The molecule has 0 aliphatic rings. The second-order valence-electron chi connectivity index (χ2n) is 4.77. The monoisotopic (exact) mass is 292 g/mol. The first-order valence-electron chi connectivity index (χ1n) is 6.82. The van der Waals surface area contributed by atoms with Gasteiger partial charge in [-0.25, -0.2) is 0 Å². The highest BCUT2D eigenvalue weighted by Crippen LogP contribution is 2.27. The molecule has 21 heavy (non-hydrogen) atoms. The van der Waals surface area contributed by atoms with Crippen LogP contribution < -0.4 is 5.43 Å². The number of aryl methyl sites for hydroxylation is 1. The predicted molar refractivity (Wildman–Crippen MR) is 92.2 cm³/mol. The Morgan fingerprint density at radius 1 is 0.952 bits per heavy atom. The van der Waals surface area contributed by atoms with Crippen molar-refractivity contribution in [2.75, 3.05) is 5.43 Å². The Morgan fingerprint density at radius 2 is 1.81 bits per heavy atom. The molecule has 0 unspecified atom stereocenters. The topological polar surface area (TPSA) is 24.4 Å². The number of nitrogens with zero attached hydrogens (tertiary/aromatic N) is 1. The highest BCUT2D eigenvalue weighted by atomic mass is 32.1. The lowest BCUT2D eigenvalue weighted by Crippen LogP contribution is -1.90. The lowest BCUT2D eigenvalue weighted by molar-refractivity contribution is 1.35. The van der Waals surface area contributed by atoms with E-state index in [1.165, 1.54) is 15.3 Å². The van der Waals surface area contributed by atoms with Gasteiger partial charge in [0, 0.05) is 9.75 Å². The van der Waals surface area contributed by atoms with Crippen LogP contribution in [0, 0.1) is 6.92 Å². The van der Waals surface area contributed by atoms with Crippen LogP contribution in [-0.2, 0) is 0 Å². The van der Waals surface area contributed by atoms with Crippen molar-refractivity contribution in [3.8, 4) is 10.4 Å². The molecule has 0 atom stereocenters. The van der Waals surface area contributed by atoms with Gasteiger partial charge in [-0.05, 0) is 48.4 Å². The highest BCUT2D eigenvalue weighted by molar-refractivity contribution is 7.15. The van der Waals surface area contributed by atoms with E-state index in [4.69, 9.17) is 0 Å². The summed E-state index contributed by atoms with van der Waals surface area (Å²) in [6.07, 6.45) is 1.84. The summed E-state index contributed by atoms with van der Waals surface area (Å²) in [5.74, 6) is 0. The van der Waals surface area contributed by atoms with E-state index in [1.54, 1.807) is 0 Å². The molecule has 0 aliphatic carbocycles. The zero-order chi connectivity index (χ0) is 14.5. The van der Waals surface area contributed by atoms with Gasteiger partial charge in [0.2, 0.25) is 0 Å². The van der Waals surface area contributed by atoms with Crippen LogP contribution in [0.2, 0.25) is 0 Å². The van der Waals surface area contributed by atoms with Gasteiger partial charge < -0.3 is 0 Å². The van der Waals surface area contributed by atoms with Crippen LogP contribution >= 0.6 is 11.3 Å². The van der Waals surface area contributed by atoms with Gasteiger partial charge in [0.15, 0.2) is 0 Å². The van der Waals surface area contributed by atoms with E-state index < -0.39 is 0 Å². The molecular weight excluding hydrogens is 276 g/mol. The van der Waals surface area contributed by atoms with Crippen LogP contribution in [0.4, 0.5) is 5.69 Å². The average molecular weight is 292 g/mol. The molecule has 3 rings (SSSR count). The number of hydrogen-bond donors (Lipinski definition) is 1. The molecule has 1 N–H and O–H groups in total. The van der Waals surface area contributed by atoms with Crippen LogP contribution in [0.3, 0.4) is 0 Å². The van der Waals surface area contributed by atoms with E-state index in [0.717, 1.165) is 11.3 Å². The van der Waals surface area contributed by atoms with Gasteiger partial charge in [-0.2, -0.15) is 5.10 Å². The maximum Gasteiger partial charge on any atom is 0.0561 e. The van der Waals surface area contributed by atoms with Gasteiger partial charge in [-0.3, -0.25) is 5.43 Å². The number of anilines is 1. The summed E-state index contributed by atoms with van der Waals surface area (Å²) in [6.45, 7) is 2.13. The molecule has 3 heteroatoms. The number of hydrogen-bond acceptors (Lipinski definition) is 3. The Morgan fingerprint density at radius 3 is 2.57 bits per heavy atom. The van der Waals surface area contributed by atoms with Crippen molar-refractivity contribution in [3.63, 3.8) is 0 Å². The number of hydrazone groups is 1. The second kappa shape index (κ2) is 6.37. The number of thiophene rings is 1. The lowest BCUT2D eigenvalue weighted by atomic mass is 10.1. The van der Waals surface area contributed by atoms with Crippen LogP contribution in [0.25, 0.3) is 10.4 Å². The number of nitrogens with one attached hydrogen (secondary N) is 1. The first kappa shape index (κ1) is 13.6. The number of para-hydroxylation sites is 1. The van der Waals surface area contributed by atoms with Crippen molar-refractivity contribution in [2.45, 2.75) is 6.92 Å². The first-order valence-corrected chi connectivity index (χ1v) is 7.64. The fourth-order valence-corrected chi connectivity index (χ4v) is 2.92. The predicted octanol–water partition coefficient (Wildman–Crippen LogP) is 5.17. The third-order valence-corrected chi connectivity index (χ3v) is 4.14. The van der Waals surface area contributed by atoms with Crippen molar-refractivity contribution in [1.82, 2.24) is 0 Å². The molecular formula is C18H16N2S. The average Bonchev–Trinajstić information content (AvgIpc) is 2.95. The molecule has 1 heterocycles. The molecule has 0 spiro atoms. The molecule has 0 saturated heterocycles. The Bertz CT molecular complexity index is 745. The Kier molecular flexibility index (Phi) is 4.12. The smallest absolute Gasteiger partial charge is 0.0561 e. The minimum absolute atomic E-state index is 0.985. The van der Waals surface area contributed by atoms with Gasteiger partial charge >= 0.3 is 0 Å². The van der Waals surface area contributed by atoms with Gasteiger partial charge in [-0.1, -0.05) is 36.4 Å². The standard InChI is InChI=1S/C18H16N2S/c1-14-10-11-18(21-14)16-7-5-6-15(12-16)13-19-20-17-8-3-2-4-9-17/h2-13,20H,1H3. The maximum absolute atomic E-state index is 4.28. The zero-order valence-electron chi connectivity index (χ0n) is 11.8. The third kappa shape index (κ3) is 3.58. The third-order valence-electron chi connectivity index (χ3n) is 3.09. The molecule has 3 aromatic rings. The first-order chi connectivity index (χ1) is 10.3. The van der Waals surface area contributed by atoms with E-state index in [1.807, 2.05) is 47.9 Å². The summed E-state index contributed by atoms with van der Waals surface area (Å²) in [5, 5.41) is 4.28. The minimum Gasteiger partial charge on any atom is -0.279 e. The highest BCUT2D eigenvalue weighted by Gasteiger charge is 2.00. The van der Waals surface area contributed by atoms with Gasteiger partial charge in [0.05, 0.1) is 11.9 Å². The summed E-state index contributed by atoms with van der Waals surface area (Å²) in [5.41, 5.74) is 6.33. The largest absolute Gasteiger partial charge is 0.279 e. The van der Waals surface area contributed by atoms with Crippen molar-refractivity contribution in [2.24, 2.45) is 5.10 Å². The van der Waals surface area contributed by atoms with E-state index >= 15 is 0 Å². The number of rotatable bonds is 4. The quantitative estimate of drug-likeness (QED) is 0.520. The molecule has 0 saturated carbocycles. The van der Waals surface area contributed by atoms with Crippen LogP contribution in [0.5, 0.6) is 0 Å². The summed E-state index contributed by atoms with van der Waals surface area (Å²) >= 11 is 1.81. The van der Waals surface area contributed by atoms with Crippen LogP contribution in [0.1, 0.15) is 10.4 Å². The molecule has 0 aliphatic heterocycles. The van der Waals surface area contributed by atoms with Gasteiger partial charge in [0.1, 0.15) is 0 Å². The Hall–Kier alpha value is -2.39. The molecule has 0 fully saturated rings. The second-order valence-corrected chi connectivity index (χ2v) is 6.06. The van der Waals surface area contributed by atoms with E-state index in [0.29, 0.717) is 0 Å². The normalized spacial score (nSPS) is 10.9. The zero-order valence-corrected chi connectivity index (χ0v) is 12.6. The van der Waals surface area contributed by atoms with E-state index in [9.17, 15) is 0 Å². The van der Waals surface area contributed by atoms with Gasteiger partial charge in [0.25, 0.3) is 0 Å². The molecule has 2 aromatic carbocycles. The van der Waals surface area contributed by atoms with Crippen molar-refractivity contribution in [3.05, 3.63) is 77.2 Å². The summed E-state index contributed by atoms with van der Waals surface area (Å²) in [7, 11) is 0. The molecule has 0 radical (unpaired) electrons. The SMILES string of the molecule is Cc1ccc(-c2cccc(C=NNc3ccccc3)c2)s1. The lowest BCUT2D eigenvalue weighted by Gasteiger charge is -2.01. The maximum atomic E-state index is 4.28. The fourth-order valence-electron chi connectivity index (χ4n) is 2.06. The van der Waals surface area contributed by atoms with Crippen LogP contribution in [0.15, 0.2) is 71.8 Å². The Labute approximate surface area is 128 Å². The summed E-state index contributed by atoms with van der Waals surface area (Å²) in [4.78, 5) is 2.62. The number of benzene rings is 2. The fraction of sp³-hybridized carbons (Fsp3) is 0.0556. The summed E-state index contributed by atoms with van der Waals surface area (Å²) in [6, 6.07) is 22.7. The van der Waals surface area contributed by atoms with Crippen LogP contribution in [-0.4, -0.2) is 6.21 Å². The molecule has 2 nitrogen and oxygen atoms in total. The van der Waals surface area contributed by atoms with E-state index in [-0.39, 0.29) is 0 Å². The van der Waals surface area contributed by atoms with E-state index in [2.05, 4.69) is 53.8 Å². The Balaban J connectivity index is 1.74. The molecule has 104 valence electrons. The molecule has 0 bridgehead atoms. The van der Waals surface area contributed by atoms with Crippen molar-refractivity contribution >= 4 is 23.2 Å². The molecule has 0 amide bonds.